The average molecular weight is 225 g/mol. The van der Waals surface area contributed by atoms with Gasteiger partial charge in [0.15, 0.2) is 0 Å². The SMILES string of the molecule is COC(=O)c1cc2c(Cl)cc(C)cc2o1. The second-order valence-electron chi connectivity index (χ2n) is 3.26. The number of hydrogen-bond acceptors (Lipinski definition) is 3. The molecular formula is C11H9ClO3. The molecule has 0 aliphatic carbocycles. The molecule has 0 fully saturated rings. The zero-order chi connectivity index (χ0) is 11.0. The van der Waals surface area contributed by atoms with Gasteiger partial charge in [-0.3, -0.25) is 0 Å². The highest BCUT2D eigenvalue weighted by molar-refractivity contribution is 6.35. The van der Waals surface area contributed by atoms with Crippen LogP contribution in [0.5, 0.6) is 0 Å². The minimum absolute atomic E-state index is 0.167. The van der Waals surface area contributed by atoms with Crippen LogP contribution in [0.2, 0.25) is 5.02 Å². The van der Waals surface area contributed by atoms with Crippen LogP contribution in [0.15, 0.2) is 22.6 Å². The van der Waals surface area contributed by atoms with E-state index in [9.17, 15) is 4.79 Å². The second kappa shape index (κ2) is 3.59. The molecule has 0 N–H and O–H groups in total. The summed E-state index contributed by atoms with van der Waals surface area (Å²) in [6.45, 7) is 1.91. The lowest BCUT2D eigenvalue weighted by Crippen LogP contribution is -1.97. The smallest absolute Gasteiger partial charge is 0.373 e. The fraction of sp³-hybridized carbons (Fsp3) is 0.182. The van der Waals surface area contributed by atoms with Gasteiger partial charge in [0.2, 0.25) is 5.76 Å². The number of halogens is 1. The predicted octanol–water partition coefficient (Wildman–Crippen LogP) is 3.18. The van der Waals surface area contributed by atoms with Crippen LogP contribution >= 0.6 is 11.6 Å². The van der Waals surface area contributed by atoms with Crippen molar-refractivity contribution in [3.8, 4) is 0 Å². The Bertz CT molecular complexity index is 528. The van der Waals surface area contributed by atoms with E-state index in [1.165, 1.54) is 7.11 Å². The molecule has 1 aromatic heterocycles. The van der Waals surface area contributed by atoms with Gasteiger partial charge in [-0.1, -0.05) is 11.6 Å². The Morgan fingerprint density at radius 1 is 1.40 bits per heavy atom. The summed E-state index contributed by atoms with van der Waals surface area (Å²) in [5.41, 5.74) is 1.58. The molecule has 0 bridgehead atoms. The molecule has 15 heavy (non-hydrogen) atoms. The normalized spacial score (nSPS) is 10.6. The zero-order valence-electron chi connectivity index (χ0n) is 8.33. The summed E-state index contributed by atoms with van der Waals surface area (Å²) < 4.78 is 9.88. The van der Waals surface area contributed by atoms with Crippen molar-refractivity contribution in [2.24, 2.45) is 0 Å². The molecule has 0 unspecified atom stereocenters. The Morgan fingerprint density at radius 3 is 2.80 bits per heavy atom. The fourth-order valence-electron chi connectivity index (χ4n) is 1.43. The van der Waals surface area contributed by atoms with Gasteiger partial charge in [-0.05, 0) is 24.6 Å². The summed E-state index contributed by atoms with van der Waals surface area (Å²) in [5, 5.41) is 1.30. The van der Waals surface area contributed by atoms with Crippen LogP contribution in [-0.4, -0.2) is 13.1 Å². The zero-order valence-corrected chi connectivity index (χ0v) is 9.09. The van der Waals surface area contributed by atoms with Crippen LogP contribution in [0.3, 0.4) is 0 Å². The van der Waals surface area contributed by atoms with Gasteiger partial charge < -0.3 is 9.15 Å². The van der Waals surface area contributed by atoms with E-state index in [1.807, 2.05) is 19.1 Å². The molecule has 78 valence electrons. The minimum atomic E-state index is -0.500. The molecule has 4 heteroatoms. The number of benzene rings is 1. The number of carbonyl (C=O) groups excluding carboxylic acids is 1. The van der Waals surface area contributed by atoms with Gasteiger partial charge in [-0.2, -0.15) is 0 Å². The van der Waals surface area contributed by atoms with Crippen molar-refractivity contribution in [2.45, 2.75) is 6.92 Å². The number of hydrogen-bond donors (Lipinski definition) is 0. The molecule has 1 heterocycles. The fourth-order valence-corrected chi connectivity index (χ4v) is 1.75. The third-order valence-electron chi connectivity index (χ3n) is 2.12. The monoisotopic (exact) mass is 224 g/mol. The molecule has 0 saturated heterocycles. The summed E-state index contributed by atoms with van der Waals surface area (Å²) in [4.78, 5) is 11.2. The predicted molar refractivity (Wildman–Crippen MR) is 57.3 cm³/mol. The maximum absolute atomic E-state index is 11.2. The van der Waals surface area contributed by atoms with Gasteiger partial charge in [0, 0.05) is 11.5 Å². The van der Waals surface area contributed by atoms with Gasteiger partial charge in [0.1, 0.15) is 5.58 Å². The highest BCUT2D eigenvalue weighted by Crippen LogP contribution is 2.28. The molecule has 0 atom stereocenters. The minimum Gasteiger partial charge on any atom is -0.463 e. The van der Waals surface area contributed by atoms with E-state index >= 15 is 0 Å². The first-order valence-electron chi connectivity index (χ1n) is 4.40. The van der Waals surface area contributed by atoms with Crippen molar-refractivity contribution in [3.63, 3.8) is 0 Å². The first-order chi connectivity index (χ1) is 7.11. The van der Waals surface area contributed by atoms with Crippen LogP contribution in [0.25, 0.3) is 11.0 Å². The number of rotatable bonds is 1. The van der Waals surface area contributed by atoms with E-state index in [4.69, 9.17) is 16.0 Å². The number of fused-ring (bicyclic) bond motifs is 1. The first-order valence-corrected chi connectivity index (χ1v) is 4.77. The first kappa shape index (κ1) is 10.1. The molecule has 2 rings (SSSR count). The van der Waals surface area contributed by atoms with E-state index in [0.717, 1.165) is 10.9 Å². The standard InChI is InChI=1S/C11H9ClO3/c1-6-3-8(12)7-5-10(11(13)14-2)15-9(7)4-6/h3-5H,1-2H3. The van der Waals surface area contributed by atoms with Crippen molar-refractivity contribution < 1.29 is 13.9 Å². The number of aryl methyl sites for hydroxylation is 1. The van der Waals surface area contributed by atoms with Gasteiger partial charge in [-0.15, -0.1) is 0 Å². The van der Waals surface area contributed by atoms with E-state index < -0.39 is 5.97 Å². The summed E-state index contributed by atoms with van der Waals surface area (Å²) in [6.07, 6.45) is 0. The molecule has 0 aliphatic heterocycles. The molecule has 1 aromatic carbocycles. The molecular weight excluding hydrogens is 216 g/mol. The Kier molecular flexibility index (Phi) is 2.40. The van der Waals surface area contributed by atoms with Crippen LogP contribution in [-0.2, 0) is 4.74 Å². The van der Waals surface area contributed by atoms with Crippen molar-refractivity contribution >= 4 is 28.5 Å². The lowest BCUT2D eigenvalue weighted by atomic mass is 10.2. The number of ether oxygens (including phenoxy) is 1. The number of methoxy groups -OCH3 is 1. The molecule has 0 saturated carbocycles. The van der Waals surface area contributed by atoms with Crippen molar-refractivity contribution in [1.82, 2.24) is 0 Å². The van der Waals surface area contributed by atoms with Crippen LogP contribution < -0.4 is 0 Å². The highest BCUT2D eigenvalue weighted by Gasteiger charge is 2.14. The topological polar surface area (TPSA) is 39.4 Å². The Morgan fingerprint density at radius 2 is 2.13 bits per heavy atom. The third-order valence-corrected chi connectivity index (χ3v) is 2.43. The van der Waals surface area contributed by atoms with E-state index in [2.05, 4.69) is 4.74 Å². The van der Waals surface area contributed by atoms with Gasteiger partial charge in [0.25, 0.3) is 0 Å². The van der Waals surface area contributed by atoms with Crippen LogP contribution in [0, 0.1) is 6.92 Å². The molecule has 0 amide bonds. The summed E-state index contributed by atoms with van der Waals surface area (Å²) in [7, 11) is 1.31. The molecule has 2 aromatic rings. The molecule has 0 radical (unpaired) electrons. The van der Waals surface area contributed by atoms with Crippen molar-refractivity contribution in [1.29, 1.82) is 0 Å². The van der Waals surface area contributed by atoms with E-state index in [1.54, 1.807) is 6.07 Å². The molecule has 0 aliphatic rings. The molecule has 3 nitrogen and oxygen atoms in total. The number of carbonyl (C=O) groups is 1. The lowest BCUT2D eigenvalue weighted by Gasteiger charge is -1.94. The van der Waals surface area contributed by atoms with E-state index in [-0.39, 0.29) is 5.76 Å². The van der Waals surface area contributed by atoms with Gasteiger partial charge in [-0.25, -0.2) is 4.79 Å². The largest absolute Gasteiger partial charge is 0.463 e. The van der Waals surface area contributed by atoms with E-state index in [0.29, 0.717) is 10.6 Å². The number of furan rings is 1. The maximum Gasteiger partial charge on any atom is 0.373 e. The van der Waals surface area contributed by atoms with Crippen LogP contribution in [0.1, 0.15) is 16.1 Å². The van der Waals surface area contributed by atoms with Crippen molar-refractivity contribution in [3.05, 3.63) is 34.5 Å². The Hall–Kier alpha value is -1.48. The Labute approximate surface area is 91.6 Å². The third kappa shape index (κ3) is 1.70. The van der Waals surface area contributed by atoms with Crippen LogP contribution in [0.4, 0.5) is 0 Å². The highest BCUT2D eigenvalue weighted by atomic mass is 35.5. The summed E-state index contributed by atoms with van der Waals surface area (Å²) in [6, 6.07) is 5.23. The van der Waals surface area contributed by atoms with Gasteiger partial charge >= 0.3 is 5.97 Å². The molecule has 0 spiro atoms. The van der Waals surface area contributed by atoms with Gasteiger partial charge in [0.05, 0.1) is 12.1 Å². The summed E-state index contributed by atoms with van der Waals surface area (Å²) >= 11 is 6.01. The maximum atomic E-state index is 11.2. The summed E-state index contributed by atoms with van der Waals surface area (Å²) in [5.74, 6) is -0.333. The number of esters is 1. The Balaban J connectivity index is 2.65. The lowest BCUT2D eigenvalue weighted by molar-refractivity contribution is 0.0567. The second-order valence-corrected chi connectivity index (χ2v) is 3.67. The average Bonchev–Trinajstić information content (AvgIpc) is 2.60. The van der Waals surface area contributed by atoms with Crippen molar-refractivity contribution in [2.75, 3.05) is 7.11 Å². The quantitative estimate of drug-likeness (QED) is 0.699.